The van der Waals surface area contributed by atoms with Gasteiger partial charge in [-0.15, -0.1) is 0 Å². The number of carboxylic acid groups (broad SMARTS) is 1. The van der Waals surface area contributed by atoms with Gasteiger partial charge in [0.1, 0.15) is 5.92 Å². The predicted octanol–water partition coefficient (Wildman–Crippen LogP) is 1.50. The lowest BCUT2D eigenvalue weighted by atomic mass is 10.0. The van der Waals surface area contributed by atoms with Gasteiger partial charge < -0.3 is 10.0 Å². The third kappa shape index (κ3) is 2.70. The molecule has 0 aromatic heterocycles. The van der Waals surface area contributed by atoms with Gasteiger partial charge in [0.2, 0.25) is 5.91 Å². The Bertz CT molecular complexity index is 246. The number of carbonyl (C=O) groups is 2. The molecule has 1 aliphatic rings. The van der Waals surface area contributed by atoms with Gasteiger partial charge in [-0.2, -0.15) is 0 Å². The van der Waals surface area contributed by atoms with E-state index in [1.807, 2.05) is 0 Å². The van der Waals surface area contributed by atoms with Crippen LogP contribution >= 0.6 is 0 Å². The Morgan fingerprint density at radius 1 is 1.40 bits per heavy atom. The number of carboxylic acids is 1. The molecule has 1 fully saturated rings. The highest BCUT2D eigenvalue weighted by Crippen LogP contribution is 2.24. The molecule has 0 aromatic carbocycles. The summed E-state index contributed by atoms with van der Waals surface area (Å²) in [6.07, 6.45) is 4.68. The minimum atomic E-state index is -1.01. The third-order valence-electron chi connectivity index (χ3n) is 3.22. The minimum Gasteiger partial charge on any atom is -0.481 e. The number of hydrogen-bond acceptors (Lipinski definition) is 2. The summed E-state index contributed by atoms with van der Waals surface area (Å²) in [6, 6.07) is 0.255. The number of carbonyl (C=O) groups excluding carboxylic acids is 1. The summed E-state index contributed by atoms with van der Waals surface area (Å²) in [4.78, 5) is 24.3. The molecule has 86 valence electrons. The van der Waals surface area contributed by atoms with E-state index in [1.54, 1.807) is 18.9 Å². The smallest absolute Gasteiger partial charge is 0.316 e. The quantitative estimate of drug-likeness (QED) is 0.720. The summed E-state index contributed by atoms with van der Waals surface area (Å²) in [6.45, 7) is 1.74. The van der Waals surface area contributed by atoms with Gasteiger partial charge in [0, 0.05) is 13.1 Å². The highest BCUT2D eigenvalue weighted by Gasteiger charge is 2.31. The van der Waals surface area contributed by atoms with Crippen LogP contribution in [0.15, 0.2) is 0 Å². The Balaban J connectivity index is 2.60. The molecule has 1 atom stereocenters. The van der Waals surface area contributed by atoms with E-state index in [0.717, 1.165) is 25.7 Å². The number of aliphatic carboxylic acids is 1. The lowest BCUT2D eigenvalue weighted by Crippen LogP contribution is -2.41. The third-order valence-corrected chi connectivity index (χ3v) is 3.22. The highest BCUT2D eigenvalue weighted by molar-refractivity contribution is 5.96. The van der Waals surface area contributed by atoms with E-state index in [-0.39, 0.29) is 11.9 Å². The van der Waals surface area contributed by atoms with Crippen LogP contribution in [0.4, 0.5) is 0 Å². The summed E-state index contributed by atoms with van der Waals surface area (Å²) in [7, 11) is 1.73. The van der Waals surface area contributed by atoms with Crippen LogP contribution < -0.4 is 0 Å². The fraction of sp³-hybridized carbons (Fsp3) is 0.818. The van der Waals surface area contributed by atoms with Crippen molar-refractivity contribution in [2.24, 2.45) is 5.92 Å². The van der Waals surface area contributed by atoms with Gasteiger partial charge >= 0.3 is 5.97 Å². The van der Waals surface area contributed by atoms with E-state index in [9.17, 15) is 9.59 Å². The Morgan fingerprint density at radius 2 is 1.93 bits per heavy atom. The number of amides is 1. The summed E-state index contributed by atoms with van der Waals surface area (Å²) in [5, 5.41) is 8.89. The lowest BCUT2D eigenvalue weighted by molar-refractivity contribution is -0.151. The zero-order valence-corrected chi connectivity index (χ0v) is 9.40. The average Bonchev–Trinajstić information content (AvgIpc) is 2.69. The van der Waals surface area contributed by atoms with E-state index in [1.165, 1.54) is 0 Å². The Kier molecular flexibility index (Phi) is 4.12. The second-order valence-corrected chi connectivity index (χ2v) is 4.19. The molecule has 1 amide bonds. The first kappa shape index (κ1) is 12.0. The van der Waals surface area contributed by atoms with Crippen LogP contribution in [0.25, 0.3) is 0 Å². The van der Waals surface area contributed by atoms with E-state index < -0.39 is 11.9 Å². The molecule has 0 bridgehead atoms. The van der Waals surface area contributed by atoms with Crippen molar-refractivity contribution >= 4 is 11.9 Å². The van der Waals surface area contributed by atoms with Crippen molar-refractivity contribution in [3.63, 3.8) is 0 Å². The Morgan fingerprint density at radius 3 is 2.33 bits per heavy atom. The molecule has 1 rings (SSSR count). The van der Waals surface area contributed by atoms with Crippen LogP contribution in [-0.2, 0) is 9.59 Å². The maximum atomic E-state index is 11.8. The van der Waals surface area contributed by atoms with Gasteiger partial charge in [-0.25, -0.2) is 0 Å². The molecule has 0 aliphatic heterocycles. The van der Waals surface area contributed by atoms with Gasteiger partial charge in [0.15, 0.2) is 0 Å². The van der Waals surface area contributed by atoms with Crippen molar-refractivity contribution < 1.29 is 14.7 Å². The summed E-state index contributed by atoms with van der Waals surface area (Å²) < 4.78 is 0. The molecule has 1 unspecified atom stereocenters. The van der Waals surface area contributed by atoms with Crippen molar-refractivity contribution in [2.45, 2.75) is 45.1 Å². The van der Waals surface area contributed by atoms with E-state index >= 15 is 0 Å². The lowest BCUT2D eigenvalue weighted by Gasteiger charge is -2.26. The van der Waals surface area contributed by atoms with Crippen LogP contribution in [-0.4, -0.2) is 35.0 Å². The van der Waals surface area contributed by atoms with Crippen molar-refractivity contribution in [1.29, 1.82) is 0 Å². The Labute approximate surface area is 90.3 Å². The molecular weight excluding hydrogens is 194 g/mol. The van der Waals surface area contributed by atoms with E-state index in [0.29, 0.717) is 6.42 Å². The SMILES string of the molecule is CCC(C(=O)O)C(=O)N(C)C1CCCC1. The Hall–Kier alpha value is -1.06. The molecule has 4 nitrogen and oxygen atoms in total. The standard InChI is InChI=1S/C11H19NO3/c1-3-9(11(14)15)10(13)12(2)8-6-4-5-7-8/h8-9H,3-7H2,1-2H3,(H,14,15). The topological polar surface area (TPSA) is 57.6 Å². The van der Waals surface area contributed by atoms with Crippen molar-refractivity contribution in [3.05, 3.63) is 0 Å². The molecule has 1 saturated carbocycles. The number of rotatable bonds is 4. The van der Waals surface area contributed by atoms with Gasteiger partial charge in [-0.3, -0.25) is 9.59 Å². The van der Waals surface area contributed by atoms with Crippen LogP contribution in [0.1, 0.15) is 39.0 Å². The first-order valence-corrected chi connectivity index (χ1v) is 5.57. The largest absolute Gasteiger partial charge is 0.481 e. The van der Waals surface area contributed by atoms with Gasteiger partial charge in [0.05, 0.1) is 0 Å². The predicted molar refractivity (Wildman–Crippen MR) is 56.4 cm³/mol. The molecule has 0 saturated heterocycles. The first-order chi connectivity index (χ1) is 7.07. The molecular formula is C11H19NO3. The monoisotopic (exact) mass is 213 g/mol. The van der Waals surface area contributed by atoms with E-state index in [2.05, 4.69) is 0 Å². The van der Waals surface area contributed by atoms with Crippen LogP contribution in [0.3, 0.4) is 0 Å². The maximum absolute atomic E-state index is 11.8. The van der Waals surface area contributed by atoms with Crippen molar-refractivity contribution in [1.82, 2.24) is 4.90 Å². The van der Waals surface area contributed by atoms with Gasteiger partial charge in [-0.1, -0.05) is 19.8 Å². The fourth-order valence-corrected chi connectivity index (χ4v) is 2.17. The minimum absolute atomic E-state index is 0.239. The normalized spacial score (nSPS) is 18.8. The molecule has 0 spiro atoms. The molecule has 0 heterocycles. The second-order valence-electron chi connectivity index (χ2n) is 4.19. The van der Waals surface area contributed by atoms with Crippen LogP contribution in [0, 0.1) is 5.92 Å². The highest BCUT2D eigenvalue weighted by atomic mass is 16.4. The van der Waals surface area contributed by atoms with Gasteiger partial charge in [-0.05, 0) is 19.3 Å². The molecule has 15 heavy (non-hydrogen) atoms. The van der Waals surface area contributed by atoms with E-state index in [4.69, 9.17) is 5.11 Å². The zero-order chi connectivity index (χ0) is 11.4. The fourth-order valence-electron chi connectivity index (χ4n) is 2.17. The molecule has 1 N–H and O–H groups in total. The average molecular weight is 213 g/mol. The summed E-state index contributed by atoms with van der Waals surface area (Å²) in [5.74, 6) is -2.11. The number of nitrogens with zero attached hydrogens (tertiary/aromatic N) is 1. The molecule has 0 aromatic rings. The van der Waals surface area contributed by atoms with Crippen molar-refractivity contribution in [3.8, 4) is 0 Å². The summed E-state index contributed by atoms with van der Waals surface area (Å²) in [5.41, 5.74) is 0. The summed E-state index contributed by atoms with van der Waals surface area (Å²) >= 11 is 0. The second kappa shape index (κ2) is 5.14. The van der Waals surface area contributed by atoms with Crippen LogP contribution in [0.5, 0.6) is 0 Å². The molecule has 4 heteroatoms. The number of hydrogen-bond donors (Lipinski definition) is 1. The van der Waals surface area contributed by atoms with Crippen LogP contribution in [0.2, 0.25) is 0 Å². The first-order valence-electron chi connectivity index (χ1n) is 5.57. The van der Waals surface area contributed by atoms with Gasteiger partial charge in [0.25, 0.3) is 0 Å². The van der Waals surface area contributed by atoms with Crippen molar-refractivity contribution in [2.75, 3.05) is 7.05 Å². The molecule has 1 aliphatic carbocycles. The zero-order valence-electron chi connectivity index (χ0n) is 9.40. The molecule has 0 radical (unpaired) electrons. The maximum Gasteiger partial charge on any atom is 0.316 e.